The number of carbonyl (C=O) groups excluding carboxylic acids is 2. The first-order valence-corrected chi connectivity index (χ1v) is 16.5. The summed E-state index contributed by atoms with van der Waals surface area (Å²) in [6.07, 6.45) is 0. The van der Waals surface area contributed by atoms with E-state index < -0.39 is 64.4 Å². The maximum absolute atomic E-state index is 13.2. The number of rotatable bonds is 10. The zero-order valence-corrected chi connectivity index (χ0v) is 26.5. The monoisotopic (exact) mass is 743 g/mol. The summed E-state index contributed by atoms with van der Waals surface area (Å²) < 4.78 is 1.12. The minimum Gasteiger partial charge on any atom is -0.504 e. The van der Waals surface area contributed by atoms with Gasteiger partial charge in [0.25, 0.3) is 11.8 Å². The second kappa shape index (κ2) is 12.6. The fraction of sp³-hybridized carbons (Fsp3) is 0.208. The number of thioether (sulfide) groups is 2. The maximum Gasteiger partial charge on any atom is 0.352 e. The van der Waals surface area contributed by atoms with Crippen LogP contribution in [0.3, 0.4) is 0 Å². The number of phenols is 2. The van der Waals surface area contributed by atoms with Gasteiger partial charge in [0, 0.05) is 33.0 Å². The normalized spacial score (nSPS) is 18.2. The first-order chi connectivity index (χ1) is 20.9. The summed E-state index contributed by atoms with van der Waals surface area (Å²) >= 11 is 7.81. The average molecular weight is 745 g/mol. The number of anilines is 1. The van der Waals surface area contributed by atoms with Gasteiger partial charge < -0.3 is 36.3 Å². The van der Waals surface area contributed by atoms with Gasteiger partial charge in [-0.3, -0.25) is 19.3 Å². The predicted molar refractivity (Wildman–Crippen MR) is 166 cm³/mol. The summed E-state index contributed by atoms with van der Waals surface area (Å²) in [5, 5.41) is 45.5. The highest BCUT2D eigenvalue weighted by Crippen LogP contribution is 2.43. The van der Waals surface area contributed by atoms with Crippen LogP contribution in [0.4, 0.5) is 5.13 Å². The molecule has 0 aliphatic carbocycles. The van der Waals surface area contributed by atoms with Crippen molar-refractivity contribution >= 4 is 107 Å². The number of oxime groups is 1. The number of carboxylic acids is 2. The first kappa shape index (κ1) is 31.6. The van der Waals surface area contributed by atoms with Gasteiger partial charge in [-0.1, -0.05) is 5.16 Å². The molecule has 3 aromatic rings. The average Bonchev–Trinajstić information content (AvgIpc) is 3.41. The Bertz CT molecular complexity index is 1860. The number of hydrogen-bond acceptors (Lipinski definition) is 15. The van der Waals surface area contributed by atoms with E-state index in [2.05, 4.69) is 31.4 Å². The molecule has 0 spiro atoms. The molecule has 2 aromatic heterocycles. The van der Waals surface area contributed by atoms with E-state index in [-0.39, 0.29) is 37.9 Å². The van der Waals surface area contributed by atoms with Crippen LogP contribution in [-0.4, -0.2) is 89.3 Å². The Balaban J connectivity index is 1.34. The third kappa shape index (κ3) is 6.07. The number of aromatic nitrogens is 1. The topological polar surface area (TPSA) is 242 Å². The number of nitrogens with two attached hydrogens (primary N) is 1. The lowest BCUT2D eigenvalue weighted by Gasteiger charge is -2.49. The van der Waals surface area contributed by atoms with Crippen molar-refractivity contribution in [3.63, 3.8) is 0 Å². The number of benzene rings is 1. The van der Waals surface area contributed by atoms with E-state index in [0.717, 1.165) is 39.3 Å². The number of phenolic OH excluding ortho intramolecular Hbond substituents is 2. The molecule has 7 N–H and O–H groups in total. The number of thiazole rings is 1. The largest absolute Gasteiger partial charge is 0.504 e. The van der Waals surface area contributed by atoms with Gasteiger partial charge in [0.1, 0.15) is 22.8 Å². The van der Waals surface area contributed by atoms with Crippen LogP contribution in [0, 0.1) is 0 Å². The molecule has 4 heterocycles. The Morgan fingerprint density at radius 3 is 2.61 bits per heavy atom. The lowest BCUT2D eigenvalue weighted by Crippen LogP contribution is -2.71. The van der Waals surface area contributed by atoms with Crippen molar-refractivity contribution in [1.82, 2.24) is 15.2 Å². The molecule has 0 saturated carbocycles. The second-order valence-corrected chi connectivity index (χ2v) is 14.0. The number of carbonyl (C=O) groups is 4. The molecule has 2 atom stereocenters. The van der Waals surface area contributed by atoms with Gasteiger partial charge in [-0.15, -0.1) is 46.2 Å². The maximum atomic E-state index is 13.2. The molecule has 2 aliphatic heterocycles. The molecular weight excluding hydrogens is 726 g/mol. The van der Waals surface area contributed by atoms with Crippen molar-refractivity contribution in [2.45, 2.75) is 15.6 Å². The van der Waals surface area contributed by atoms with Crippen LogP contribution in [0.2, 0.25) is 0 Å². The van der Waals surface area contributed by atoms with Crippen molar-refractivity contribution in [2.24, 2.45) is 5.16 Å². The van der Waals surface area contributed by atoms with E-state index in [1.54, 1.807) is 0 Å². The summed E-state index contributed by atoms with van der Waals surface area (Å²) in [6.45, 7) is -0.836. The number of nitrogens with one attached hydrogen (secondary N) is 1. The summed E-state index contributed by atoms with van der Waals surface area (Å²) in [4.78, 5) is 71.9. The number of nitrogen functional groups attached to an aromatic ring is 1. The number of aromatic hydroxyl groups is 2. The van der Waals surface area contributed by atoms with Crippen LogP contribution in [0.25, 0.3) is 10.1 Å². The Labute approximate surface area is 270 Å². The summed E-state index contributed by atoms with van der Waals surface area (Å²) in [5.41, 5.74) is 4.96. The van der Waals surface area contributed by atoms with Gasteiger partial charge in [0.2, 0.25) is 12.0 Å². The van der Waals surface area contributed by atoms with Gasteiger partial charge >= 0.3 is 11.9 Å². The molecule has 1 aromatic carbocycles. The molecule has 2 amide bonds. The van der Waals surface area contributed by atoms with E-state index in [1.807, 2.05) is 0 Å². The molecule has 44 heavy (non-hydrogen) atoms. The van der Waals surface area contributed by atoms with Crippen LogP contribution in [0.15, 0.2) is 47.4 Å². The van der Waals surface area contributed by atoms with E-state index in [9.17, 15) is 39.3 Å². The van der Waals surface area contributed by atoms with Crippen molar-refractivity contribution in [2.75, 3.05) is 23.8 Å². The van der Waals surface area contributed by atoms with Crippen LogP contribution in [0.5, 0.6) is 11.5 Å². The molecule has 15 nitrogen and oxygen atoms in total. The van der Waals surface area contributed by atoms with Gasteiger partial charge in [-0.25, -0.2) is 14.6 Å². The number of nitrogens with zero attached hydrogens (tertiary/aromatic N) is 3. The predicted octanol–water partition coefficient (Wildman–Crippen LogP) is 1.81. The van der Waals surface area contributed by atoms with Crippen molar-refractivity contribution in [3.05, 3.63) is 49.2 Å². The quantitative estimate of drug-likeness (QED) is 0.0571. The number of amides is 2. The van der Waals surface area contributed by atoms with E-state index >= 15 is 0 Å². The molecule has 20 heteroatoms. The van der Waals surface area contributed by atoms with Crippen LogP contribution in [-0.2, 0) is 24.0 Å². The SMILES string of the molecule is Nc1nc(/C(=N/OCC(=O)O)C(=O)N[C@@H]2C(=O)N3C(C(=O)O)=C(CSc4sc5cc(O)c(O)cc5c(=O)c4Br)CS[C@@H]23)cs1. The van der Waals surface area contributed by atoms with E-state index in [1.165, 1.54) is 29.3 Å². The minimum absolute atomic E-state index is 0.00471. The fourth-order valence-electron chi connectivity index (χ4n) is 4.18. The van der Waals surface area contributed by atoms with E-state index in [0.29, 0.717) is 14.5 Å². The minimum atomic E-state index is -1.35. The van der Waals surface area contributed by atoms with Gasteiger partial charge in [0.15, 0.2) is 22.3 Å². The molecule has 0 unspecified atom stereocenters. The summed E-state index contributed by atoms with van der Waals surface area (Å²) in [7, 11) is 0. The molecular formula is C24H18BrN5O10S4. The summed E-state index contributed by atoms with van der Waals surface area (Å²) in [5.74, 6) is -4.81. The van der Waals surface area contributed by atoms with Crippen LogP contribution >= 0.6 is 62.1 Å². The number of fused-ring (bicyclic) bond motifs is 2. The number of β-lactam (4-membered cyclic amide) rings is 1. The molecule has 0 bridgehead atoms. The molecule has 5 rings (SSSR count). The van der Waals surface area contributed by atoms with Gasteiger partial charge in [-0.05, 0) is 27.6 Å². The molecule has 0 radical (unpaired) electrons. The Morgan fingerprint density at radius 2 is 1.95 bits per heavy atom. The highest BCUT2D eigenvalue weighted by Gasteiger charge is 2.54. The van der Waals surface area contributed by atoms with E-state index in [4.69, 9.17) is 15.7 Å². The number of aliphatic carboxylic acids is 2. The summed E-state index contributed by atoms with van der Waals surface area (Å²) in [6, 6.07) is 1.31. The number of halogens is 1. The third-order valence-electron chi connectivity index (χ3n) is 6.14. The van der Waals surface area contributed by atoms with Crippen LogP contribution in [0.1, 0.15) is 5.69 Å². The molecule has 1 saturated heterocycles. The first-order valence-electron chi connectivity index (χ1n) is 12.0. The lowest BCUT2D eigenvalue weighted by atomic mass is 10.0. The highest BCUT2D eigenvalue weighted by atomic mass is 79.9. The van der Waals surface area contributed by atoms with Crippen molar-refractivity contribution in [3.8, 4) is 11.5 Å². The Kier molecular flexibility index (Phi) is 9.07. The standard InChI is InChI=1S/C24H18BrN5O10S4/c25-14-18(35)8-1-10(31)11(32)2-12(8)44-23(14)42-5-7-4-41-21-16(20(37)30(21)17(7)22(38)39)28-19(36)15(29-40-3-13(33)34)9-6-43-24(26)27-9/h1-2,6,16,21,31-32H,3-5H2,(H2,26,27)(H,28,36)(H,33,34)(H,38,39)/b29-15-/t16-,21+/m1/s1. The van der Waals surface area contributed by atoms with Crippen molar-refractivity contribution in [1.29, 1.82) is 0 Å². The zero-order valence-electron chi connectivity index (χ0n) is 21.7. The zero-order chi connectivity index (χ0) is 31.9. The molecule has 230 valence electrons. The smallest absolute Gasteiger partial charge is 0.352 e. The fourth-order valence-corrected chi connectivity index (χ4v) is 9.26. The highest BCUT2D eigenvalue weighted by molar-refractivity contribution is 9.10. The third-order valence-corrected chi connectivity index (χ3v) is 11.9. The molecule has 2 aliphatic rings. The lowest BCUT2D eigenvalue weighted by molar-refractivity contribution is -0.150. The Morgan fingerprint density at radius 1 is 1.23 bits per heavy atom. The van der Waals surface area contributed by atoms with Gasteiger partial charge in [-0.2, -0.15) is 0 Å². The van der Waals surface area contributed by atoms with Gasteiger partial charge in [0.05, 0.1) is 8.68 Å². The van der Waals surface area contributed by atoms with Crippen LogP contribution < -0.4 is 16.5 Å². The van der Waals surface area contributed by atoms with Crippen molar-refractivity contribution < 1.29 is 44.4 Å². The number of hydrogen-bond donors (Lipinski definition) is 6. The number of carboxylic acid groups (broad SMARTS) is 2. The Hall–Kier alpha value is -3.85. The molecule has 1 fully saturated rings. The second-order valence-electron chi connectivity index (χ2n) is 8.95.